The number of aryl methyl sites for hydroxylation is 1. The highest BCUT2D eigenvalue weighted by atomic mass is 19.1. The molecule has 0 aliphatic rings. The van der Waals surface area contributed by atoms with E-state index in [2.05, 4.69) is 20.3 Å². The molecule has 0 radical (unpaired) electrons. The summed E-state index contributed by atoms with van der Waals surface area (Å²) in [6, 6.07) is 11.1. The molecule has 1 amide bonds. The van der Waals surface area contributed by atoms with Gasteiger partial charge in [0.25, 0.3) is 5.91 Å². The number of hydrogen-bond acceptors (Lipinski definition) is 4. The Kier molecular flexibility index (Phi) is 3.89. The Hall–Kier alpha value is -3.61. The van der Waals surface area contributed by atoms with Gasteiger partial charge in [0.05, 0.1) is 23.7 Å². The first-order chi connectivity index (χ1) is 12.6. The fourth-order valence-electron chi connectivity index (χ4n) is 2.65. The van der Waals surface area contributed by atoms with Crippen molar-refractivity contribution in [3.63, 3.8) is 0 Å². The number of rotatable bonds is 3. The summed E-state index contributed by atoms with van der Waals surface area (Å²) in [5, 5.41) is 3.49. The van der Waals surface area contributed by atoms with Crippen LogP contribution in [0.4, 0.5) is 10.3 Å². The summed E-state index contributed by atoms with van der Waals surface area (Å²) in [5.41, 5.74) is 2.96. The van der Waals surface area contributed by atoms with Crippen LogP contribution in [-0.4, -0.2) is 25.4 Å². The number of anilines is 1. The molecule has 0 aliphatic carbocycles. The van der Waals surface area contributed by atoms with Crippen LogP contribution < -0.4 is 5.32 Å². The molecule has 1 N–H and O–H groups in total. The molecule has 6 nitrogen and oxygen atoms in total. The molecule has 0 aliphatic heterocycles. The Balaban J connectivity index is 1.65. The molecular weight excluding hydrogens is 333 g/mol. The molecule has 26 heavy (non-hydrogen) atoms. The minimum absolute atomic E-state index is 0.189. The van der Waals surface area contributed by atoms with Crippen molar-refractivity contribution in [3.8, 4) is 11.3 Å². The van der Waals surface area contributed by atoms with Crippen LogP contribution in [0.25, 0.3) is 22.2 Å². The third-order valence-electron chi connectivity index (χ3n) is 4.03. The number of amides is 1. The minimum Gasteiger partial charge on any atom is -0.334 e. The maximum Gasteiger partial charge on any atom is 0.258 e. The fourth-order valence-corrected chi connectivity index (χ4v) is 2.65. The Morgan fingerprint density at radius 1 is 1.12 bits per heavy atom. The highest BCUT2D eigenvalue weighted by molar-refractivity contribution is 6.03. The van der Waals surface area contributed by atoms with Crippen LogP contribution in [0.5, 0.6) is 0 Å². The lowest BCUT2D eigenvalue weighted by molar-refractivity contribution is 0.102. The second-order valence-corrected chi connectivity index (χ2v) is 5.82. The van der Waals surface area contributed by atoms with Crippen molar-refractivity contribution in [2.45, 2.75) is 0 Å². The standard InChI is InChI=1S/C19H14FN5O/c1-25-11-21-10-17(25)13-2-3-14-9-22-19(23-16(14)8-13)24-18(26)12-4-6-15(20)7-5-12/h2-11H,1H3,(H,22,23,24,26). The summed E-state index contributed by atoms with van der Waals surface area (Å²) >= 11 is 0. The molecule has 0 bridgehead atoms. The van der Waals surface area contributed by atoms with Crippen LogP contribution in [0, 0.1) is 5.82 Å². The molecule has 0 unspecified atom stereocenters. The van der Waals surface area contributed by atoms with E-state index in [4.69, 9.17) is 0 Å². The van der Waals surface area contributed by atoms with Crippen molar-refractivity contribution in [3.05, 3.63) is 72.6 Å². The van der Waals surface area contributed by atoms with Gasteiger partial charge in [0.2, 0.25) is 5.95 Å². The smallest absolute Gasteiger partial charge is 0.258 e. The molecule has 128 valence electrons. The Labute approximate surface area is 148 Å². The summed E-state index contributed by atoms with van der Waals surface area (Å²) < 4.78 is 14.9. The van der Waals surface area contributed by atoms with Gasteiger partial charge in [0.1, 0.15) is 5.82 Å². The average Bonchev–Trinajstić information content (AvgIpc) is 3.07. The van der Waals surface area contributed by atoms with E-state index in [9.17, 15) is 9.18 Å². The maximum absolute atomic E-state index is 13.0. The third-order valence-corrected chi connectivity index (χ3v) is 4.03. The summed E-state index contributed by atoms with van der Waals surface area (Å²) in [6.45, 7) is 0. The highest BCUT2D eigenvalue weighted by Gasteiger charge is 2.10. The first kappa shape index (κ1) is 15.9. The minimum atomic E-state index is -0.397. The Morgan fingerprint density at radius 3 is 2.65 bits per heavy atom. The zero-order valence-electron chi connectivity index (χ0n) is 13.8. The second kappa shape index (κ2) is 6.36. The van der Waals surface area contributed by atoms with Crippen LogP contribution in [0.3, 0.4) is 0 Å². The average molecular weight is 347 g/mol. The fraction of sp³-hybridized carbons (Fsp3) is 0.0526. The van der Waals surface area contributed by atoms with Crippen molar-refractivity contribution < 1.29 is 9.18 Å². The largest absolute Gasteiger partial charge is 0.334 e. The van der Waals surface area contributed by atoms with Crippen LogP contribution in [0.1, 0.15) is 10.4 Å². The van der Waals surface area contributed by atoms with Gasteiger partial charge in [-0.25, -0.2) is 19.3 Å². The number of halogens is 1. The molecule has 7 heteroatoms. The molecule has 2 heterocycles. The Morgan fingerprint density at radius 2 is 1.92 bits per heavy atom. The van der Waals surface area contributed by atoms with E-state index < -0.39 is 11.7 Å². The molecule has 2 aromatic heterocycles. The number of hydrogen-bond donors (Lipinski definition) is 1. The lowest BCUT2D eigenvalue weighted by atomic mass is 10.1. The zero-order chi connectivity index (χ0) is 18.1. The monoisotopic (exact) mass is 347 g/mol. The van der Waals surface area contributed by atoms with Gasteiger partial charge in [-0.15, -0.1) is 0 Å². The number of fused-ring (bicyclic) bond motifs is 1. The van der Waals surface area contributed by atoms with Gasteiger partial charge in [0, 0.05) is 29.8 Å². The van der Waals surface area contributed by atoms with Gasteiger partial charge in [-0.3, -0.25) is 10.1 Å². The lowest BCUT2D eigenvalue weighted by Crippen LogP contribution is -2.14. The molecule has 0 saturated carbocycles. The number of benzene rings is 2. The summed E-state index contributed by atoms with van der Waals surface area (Å²) in [4.78, 5) is 24.9. The number of aromatic nitrogens is 4. The maximum atomic E-state index is 13.0. The van der Waals surface area contributed by atoms with Crippen LogP contribution in [0.2, 0.25) is 0 Å². The lowest BCUT2D eigenvalue weighted by Gasteiger charge is -2.07. The summed E-state index contributed by atoms with van der Waals surface area (Å²) in [5.74, 6) is -0.604. The van der Waals surface area contributed by atoms with Gasteiger partial charge >= 0.3 is 0 Å². The van der Waals surface area contributed by atoms with E-state index in [1.807, 2.05) is 29.8 Å². The third kappa shape index (κ3) is 3.02. The topological polar surface area (TPSA) is 72.7 Å². The number of nitrogens with one attached hydrogen (secondary N) is 1. The number of carbonyl (C=O) groups excluding carboxylic acids is 1. The van der Waals surface area contributed by atoms with Gasteiger partial charge in [-0.2, -0.15) is 0 Å². The predicted octanol–water partition coefficient (Wildman–Crippen LogP) is 3.42. The predicted molar refractivity (Wildman–Crippen MR) is 96.1 cm³/mol. The van der Waals surface area contributed by atoms with Gasteiger partial charge < -0.3 is 4.57 Å². The molecule has 0 spiro atoms. The van der Waals surface area contributed by atoms with Gasteiger partial charge in [-0.1, -0.05) is 12.1 Å². The van der Waals surface area contributed by atoms with Crippen molar-refractivity contribution in [1.29, 1.82) is 0 Å². The number of carbonyl (C=O) groups is 1. The van der Waals surface area contributed by atoms with Gasteiger partial charge in [-0.05, 0) is 30.3 Å². The number of imidazole rings is 1. The summed E-state index contributed by atoms with van der Waals surface area (Å²) in [6.07, 6.45) is 5.16. The van der Waals surface area contributed by atoms with Crippen molar-refractivity contribution >= 4 is 22.8 Å². The molecule has 4 rings (SSSR count). The molecule has 4 aromatic rings. The van der Waals surface area contributed by atoms with E-state index in [1.54, 1.807) is 18.7 Å². The van der Waals surface area contributed by atoms with E-state index in [-0.39, 0.29) is 5.95 Å². The first-order valence-electron chi connectivity index (χ1n) is 7.90. The molecule has 2 aromatic carbocycles. The molecule has 0 atom stereocenters. The quantitative estimate of drug-likeness (QED) is 0.616. The molecular formula is C19H14FN5O. The van der Waals surface area contributed by atoms with Crippen molar-refractivity contribution in [1.82, 2.24) is 19.5 Å². The molecule has 0 saturated heterocycles. The molecule has 0 fully saturated rings. The van der Waals surface area contributed by atoms with Crippen molar-refractivity contribution in [2.24, 2.45) is 7.05 Å². The first-order valence-corrected chi connectivity index (χ1v) is 7.90. The normalized spacial score (nSPS) is 10.8. The SMILES string of the molecule is Cn1cncc1-c1ccc2cnc(NC(=O)c3ccc(F)cc3)nc2c1. The zero-order valence-corrected chi connectivity index (χ0v) is 13.8. The number of nitrogens with zero attached hydrogens (tertiary/aromatic N) is 4. The van der Waals surface area contributed by atoms with E-state index in [1.165, 1.54) is 24.3 Å². The summed E-state index contributed by atoms with van der Waals surface area (Å²) in [7, 11) is 1.92. The van der Waals surface area contributed by atoms with Crippen molar-refractivity contribution in [2.75, 3.05) is 5.32 Å². The van der Waals surface area contributed by atoms with E-state index in [0.717, 1.165) is 16.6 Å². The Bertz CT molecular complexity index is 1100. The van der Waals surface area contributed by atoms with E-state index in [0.29, 0.717) is 11.1 Å². The second-order valence-electron chi connectivity index (χ2n) is 5.82. The highest BCUT2D eigenvalue weighted by Crippen LogP contribution is 2.23. The van der Waals surface area contributed by atoms with Crippen LogP contribution in [0.15, 0.2) is 61.2 Å². The van der Waals surface area contributed by atoms with Crippen LogP contribution >= 0.6 is 0 Å². The van der Waals surface area contributed by atoms with Crippen LogP contribution in [-0.2, 0) is 7.05 Å². The van der Waals surface area contributed by atoms with E-state index >= 15 is 0 Å². The van der Waals surface area contributed by atoms with Gasteiger partial charge in [0.15, 0.2) is 0 Å².